The van der Waals surface area contributed by atoms with Crippen molar-refractivity contribution in [2.45, 2.75) is 0 Å². The van der Waals surface area contributed by atoms with Gasteiger partial charge in [0.1, 0.15) is 0 Å². The lowest BCUT2D eigenvalue weighted by Gasteiger charge is -1.94. The summed E-state index contributed by atoms with van der Waals surface area (Å²) >= 11 is 0. The van der Waals surface area contributed by atoms with E-state index in [-0.39, 0.29) is 0 Å². The first kappa shape index (κ1) is 9.68. The molecule has 0 aromatic heterocycles. The Hall–Kier alpha value is -1.41. The molecular formula is C11H14N2. The fraction of sp³-hybridized carbons (Fsp3) is 0.182. The maximum atomic E-state index is 5.31. The summed E-state index contributed by atoms with van der Waals surface area (Å²) < 4.78 is 0. The fourth-order valence-corrected chi connectivity index (χ4v) is 0.963. The number of hydrogen-bond donors (Lipinski definition) is 1. The number of aliphatic imine (C=N–C) groups is 1. The quantitative estimate of drug-likeness (QED) is 0.693. The molecule has 0 unspecified atom stereocenters. The monoisotopic (exact) mass is 174 g/mol. The summed E-state index contributed by atoms with van der Waals surface area (Å²) in [5, 5.41) is 0. The largest absolute Gasteiger partial charge is 0.329 e. The van der Waals surface area contributed by atoms with Crippen LogP contribution in [0.25, 0.3) is 6.08 Å². The third-order valence-electron chi connectivity index (χ3n) is 1.67. The number of nitrogens with zero attached hydrogens (tertiary/aromatic N) is 1. The molecule has 1 rings (SSSR count). The van der Waals surface area contributed by atoms with Crippen LogP contribution in [0.5, 0.6) is 0 Å². The van der Waals surface area contributed by atoms with Crippen molar-refractivity contribution in [1.29, 1.82) is 0 Å². The van der Waals surface area contributed by atoms with Gasteiger partial charge in [-0.2, -0.15) is 0 Å². The lowest BCUT2D eigenvalue weighted by atomic mass is 10.1. The minimum absolute atomic E-state index is 0.598. The van der Waals surface area contributed by atoms with Crippen LogP contribution in [0.3, 0.4) is 0 Å². The summed E-state index contributed by atoms with van der Waals surface area (Å²) in [5.74, 6) is 0. The Labute approximate surface area is 78.8 Å². The van der Waals surface area contributed by atoms with Crippen molar-refractivity contribution < 1.29 is 0 Å². The molecule has 68 valence electrons. The lowest BCUT2D eigenvalue weighted by molar-refractivity contribution is 0.981. The van der Waals surface area contributed by atoms with Gasteiger partial charge in [0.15, 0.2) is 0 Å². The van der Waals surface area contributed by atoms with E-state index in [1.54, 1.807) is 0 Å². The maximum Gasteiger partial charge on any atom is 0.0512 e. The molecule has 2 nitrogen and oxygen atoms in total. The van der Waals surface area contributed by atoms with E-state index in [2.05, 4.69) is 11.6 Å². The molecule has 2 heteroatoms. The summed E-state index contributed by atoms with van der Waals surface area (Å²) in [6.45, 7) is 4.97. The van der Waals surface area contributed by atoms with E-state index in [1.165, 1.54) is 0 Å². The number of benzene rings is 1. The van der Waals surface area contributed by atoms with Crippen molar-refractivity contribution in [3.8, 4) is 0 Å². The van der Waals surface area contributed by atoms with Gasteiger partial charge in [-0.05, 0) is 11.1 Å². The summed E-state index contributed by atoms with van der Waals surface area (Å²) in [4.78, 5) is 4.14. The topological polar surface area (TPSA) is 38.4 Å². The van der Waals surface area contributed by atoms with Crippen molar-refractivity contribution in [3.05, 3.63) is 42.0 Å². The van der Waals surface area contributed by atoms with E-state index >= 15 is 0 Å². The Balaban J connectivity index is 2.63. The van der Waals surface area contributed by atoms with Gasteiger partial charge < -0.3 is 5.73 Å². The Morgan fingerprint density at radius 2 is 1.85 bits per heavy atom. The highest BCUT2D eigenvalue weighted by Gasteiger charge is 1.87. The van der Waals surface area contributed by atoms with E-state index in [4.69, 9.17) is 5.73 Å². The highest BCUT2D eigenvalue weighted by molar-refractivity contribution is 5.79. The second kappa shape index (κ2) is 5.27. The molecule has 0 spiro atoms. The van der Waals surface area contributed by atoms with Crippen LogP contribution in [0.15, 0.2) is 35.8 Å². The molecule has 0 heterocycles. The van der Waals surface area contributed by atoms with E-state index in [0.29, 0.717) is 13.1 Å². The van der Waals surface area contributed by atoms with Gasteiger partial charge in [-0.3, -0.25) is 4.99 Å². The Morgan fingerprint density at radius 1 is 1.23 bits per heavy atom. The van der Waals surface area contributed by atoms with Gasteiger partial charge in [0.2, 0.25) is 0 Å². The molecule has 0 atom stereocenters. The van der Waals surface area contributed by atoms with Gasteiger partial charge in [-0.1, -0.05) is 36.9 Å². The molecule has 1 aromatic rings. The molecule has 2 N–H and O–H groups in total. The SMILES string of the molecule is C=Cc1ccc(C=NCCN)cc1. The normalized spacial score (nSPS) is 10.5. The molecule has 0 fully saturated rings. The predicted octanol–water partition coefficient (Wildman–Crippen LogP) is 1.71. The zero-order valence-corrected chi connectivity index (χ0v) is 7.61. The van der Waals surface area contributed by atoms with Crippen molar-refractivity contribution in [2.75, 3.05) is 13.1 Å². The smallest absolute Gasteiger partial charge is 0.0512 e. The van der Waals surface area contributed by atoms with Crippen LogP contribution >= 0.6 is 0 Å². The maximum absolute atomic E-state index is 5.31. The molecule has 0 saturated heterocycles. The molecule has 0 aliphatic rings. The Kier molecular flexibility index (Phi) is 3.93. The van der Waals surface area contributed by atoms with Crippen molar-refractivity contribution >= 4 is 12.3 Å². The van der Waals surface area contributed by atoms with Crippen molar-refractivity contribution in [2.24, 2.45) is 10.7 Å². The van der Waals surface area contributed by atoms with Gasteiger partial charge in [-0.25, -0.2) is 0 Å². The summed E-state index contributed by atoms with van der Waals surface area (Å²) in [7, 11) is 0. The molecule has 0 aliphatic carbocycles. The van der Waals surface area contributed by atoms with Crippen LogP contribution in [0.4, 0.5) is 0 Å². The second-order valence-electron chi connectivity index (χ2n) is 2.69. The first-order valence-corrected chi connectivity index (χ1v) is 4.29. The highest BCUT2D eigenvalue weighted by Crippen LogP contribution is 2.03. The van der Waals surface area contributed by atoms with Gasteiger partial charge in [0, 0.05) is 12.8 Å². The Bertz CT molecular complexity index is 285. The molecule has 0 radical (unpaired) electrons. The minimum Gasteiger partial charge on any atom is -0.329 e. The first-order valence-electron chi connectivity index (χ1n) is 4.29. The van der Waals surface area contributed by atoms with E-state index < -0.39 is 0 Å². The van der Waals surface area contributed by atoms with E-state index in [9.17, 15) is 0 Å². The lowest BCUT2D eigenvalue weighted by Crippen LogP contribution is -2.02. The van der Waals surface area contributed by atoms with Gasteiger partial charge in [-0.15, -0.1) is 0 Å². The van der Waals surface area contributed by atoms with Crippen LogP contribution in [-0.2, 0) is 0 Å². The van der Waals surface area contributed by atoms with Gasteiger partial charge in [0.05, 0.1) is 6.54 Å². The van der Waals surface area contributed by atoms with Crippen molar-refractivity contribution in [1.82, 2.24) is 0 Å². The summed E-state index contributed by atoms with van der Waals surface area (Å²) in [5.41, 5.74) is 7.53. The van der Waals surface area contributed by atoms with Crippen LogP contribution < -0.4 is 5.73 Å². The van der Waals surface area contributed by atoms with Crippen LogP contribution in [-0.4, -0.2) is 19.3 Å². The molecule has 0 bridgehead atoms. The Morgan fingerprint density at radius 3 is 2.38 bits per heavy atom. The molecule has 0 saturated carbocycles. The third kappa shape index (κ3) is 3.22. The minimum atomic E-state index is 0.598. The van der Waals surface area contributed by atoms with Crippen LogP contribution in [0.1, 0.15) is 11.1 Å². The average molecular weight is 174 g/mol. The molecule has 0 amide bonds. The van der Waals surface area contributed by atoms with Crippen molar-refractivity contribution in [3.63, 3.8) is 0 Å². The van der Waals surface area contributed by atoms with Gasteiger partial charge >= 0.3 is 0 Å². The average Bonchev–Trinajstić information content (AvgIpc) is 2.19. The highest BCUT2D eigenvalue weighted by atomic mass is 14.7. The molecule has 0 aliphatic heterocycles. The van der Waals surface area contributed by atoms with Crippen LogP contribution in [0.2, 0.25) is 0 Å². The second-order valence-corrected chi connectivity index (χ2v) is 2.69. The fourth-order valence-electron chi connectivity index (χ4n) is 0.963. The third-order valence-corrected chi connectivity index (χ3v) is 1.67. The van der Waals surface area contributed by atoms with Crippen LogP contribution in [0, 0.1) is 0 Å². The molecule has 1 aromatic carbocycles. The summed E-state index contributed by atoms with van der Waals surface area (Å²) in [6.07, 6.45) is 3.65. The zero-order valence-electron chi connectivity index (χ0n) is 7.61. The standard InChI is InChI=1S/C11H14N2/c1-2-10-3-5-11(6-4-10)9-13-8-7-12/h2-6,9H,1,7-8,12H2. The van der Waals surface area contributed by atoms with E-state index in [1.807, 2.05) is 36.6 Å². The van der Waals surface area contributed by atoms with E-state index in [0.717, 1.165) is 11.1 Å². The molecular weight excluding hydrogens is 160 g/mol. The van der Waals surface area contributed by atoms with Gasteiger partial charge in [0.25, 0.3) is 0 Å². The summed E-state index contributed by atoms with van der Waals surface area (Å²) in [6, 6.07) is 8.04. The predicted molar refractivity (Wildman–Crippen MR) is 58.0 cm³/mol. The number of nitrogens with two attached hydrogens (primary N) is 1. The molecule has 13 heavy (non-hydrogen) atoms. The first-order chi connectivity index (χ1) is 6.36. The number of rotatable bonds is 4. The number of hydrogen-bond acceptors (Lipinski definition) is 2. The zero-order chi connectivity index (χ0) is 9.52.